The van der Waals surface area contributed by atoms with Gasteiger partial charge in [-0.05, 0) is 52.8 Å². The number of rotatable bonds is 4. The lowest BCUT2D eigenvalue weighted by atomic mass is 9.94. The van der Waals surface area contributed by atoms with Crippen LogP contribution in [0, 0.1) is 0 Å². The van der Waals surface area contributed by atoms with Gasteiger partial charge in [0.2, 0.25) is 0 Å². The Labute approximate surface area is 136 Å². The van der Waals surface area contributed by atoms with Crippen molar-refractivity contribution in [2.24, 2.45) is 0 Å². The average molecular weight is 315 g/mol. The van der Waals surface area contributed by atoms with Gasteiger partial charge in [0.15, 0.2) is 0 Å². The fourth-order valence-corrected chi connectivity index (χ4v) is 3.12. The minimum absolute atomic E-state index is 0.0438. The Morgan fingerprint density at radius 3 is 2.64 bits per heavy atom. The van der Waals surface area contributed by atoms with Crippen LogP contribution in [-0.4, -0.2) is 24.9 Å². The maximum absolute atomic E-state index is 8.84. The van der Waals surface area contributed by atoms with Gasteiger partial charge in [-0.3, -0.25) is 0 Å². The molecular formula is C19H19ClO2. The SMILES string of the molecule is OCCOCC=C1c2ccccc2CCc2ccc(Cl)cc21. The molecule has 2 aromatic rings. The topological polar surface area (TPSA) is 29.5 Å². The summed E-state index contributed by atoms with van der Waals surface area (Å²) in [5.74, 6) is 0. The van der Waals surface area contributed by atoms with Crippen molar-refractivity contribution >= 4 is 17.2 Å². The van der Waals surface area contributed by atoms with E-state index in [9.17, 15) is 0 Å². The number of ether oxygens (including phenoxy) is 1. The highest BCUT2D eigenvalue weighted by Crippen LogP contribution is 2.34. The zero-order valence-electron chi connectivity index (χ0n) is 12.4. The van der Waals surface area contributed by atoms with Crippen LogP contribution in [0.25, 0.3) is 5.57 Å². The van der Waals surface area contributed by atoms with Gasteiger partial charge in [-0.25, -0.2) is 0 Å². The van der Waals surface area contributed by atoms with Crippen molar-refractivity contribution in [3.8, 4) is 0 Å². The molecule has 2 aromatic carbocycles. The number of benzene rings is 2. The highest BCUT2D eigenvalue weighted by Gasteiger charge is 2.17. The molecule has 1 aliphatic carbocycles. The van der Waals surface area contributed by atoms with Crippen molar-refractivity contribution in [3.63, 3.8) is 0 Å². The third-order valence-corrected chi connectivity index (χ3v) is 4.21. The van der Waals surface area contributed by atoms with E-state index in [1.807, 2.05) is 12.1 Å². The van der Waals surface area contributed by atoms with E-state index in [-0.39, 0.29) is 6.61 Å². The van der Waals surface area contributed by atoms with Crippen molar-refractivity contribution < 1.29 is 9.84 Å². The first-order chi connectivity index (χ1) is 10.8. The maximum Gasteiger partial charge on any atom is 0.0702 e. The zero-order chi connectivity index (χ0) is 15.4. The van der Waals surface area contributed by atoms with Gasteiger partial charge in [0, 0.05) is 5.02 Å². The number of halogens is 1. The van der Waals surface area contributed by atoms with E-state index in [1.165, 1.54) is 27.8 Å². The molecular weight excluding hydrogens is 296 g/mol. The lowest BCUT2D eigenvalue weighted by Crippen LogP contribution is -2.00. The first-order valence-corrected chi connectivity index (χ1v) is 7.93. The van der Waals surface area contributed by atoms with E-state index in [0.717, 1.165) is 17.9 Å². The molecule has 22 heavy (non-hydrogen) atoms. The molecule has 3 rings (SSSR count). The largest absolute Gasteiger partial charge is 0.394 e. The van der Waals surface area contributed by atoms with E-state index >= 15 is 0 Å². The van der Waals surface area contributed by atoms with Crippen LogP contribution in [0.3, 0.4) is 0 Å². The molecule has 0 heterocycles. The van der Waals surface area contributed by atoms with Gasteiger partial charge in [-0.2, -0.15) is 0 Å². The highest BCUT2D eigenvalue weighted by atomic mass is 35.5. The molecule has 2 nitrogen and oxygen atoms in total. The highest BCUT2D eigenvalue weighted by molar-refractivity contribution is 6.30. The second-order valence-electron chi connectivity index (χ2n) is 5.37. The quantitative estimate of drug-likeness (QED) is 0.868. The van der Waals surface area contributed by atoms with Gasteiger partial charge < -0.3 is 9.84 Å². The molecule has 0 saturated carbocycles. The third-order valence-electron chi connectivity index (χ3n) is 3.97. The van der Waals surface area contributed by atoms with E-state index in [1.54, 1.807) is 0 Å². The fraction of sp³-hybridized carbons (Fsp3) is 0.263. The van der Waals surface area contributed by atoms with E-state index in [2.05, 4.69) is 36.4 Å². The molecule has 0 amide bonds. The minimum Gasteiger partial charge on any atom is -0.394 e. The molecule has 114 valence electrons. The molecule has 1 N–H and O–H groups in total. The Hall–Kier alpha value is -1.61. The van der Waals surface area contributed by atoms with Crippen LogP contribution >= 0.6 is 11.6 Å². The van der Waals surface area contributed by atoms with Crippen LogP contribution in [0.2, 0.25) is 5.02 Å². The van der Waals surface area contributed by atoms with Crippen LogP contribution in [0.5, 0.6) is 0 Å². The predicted octanol–water partition coefficient (Wildman–Crippen LogP) is 3.88. The molecule has 0 fully saturated rings. The Balaban J connectivity index is 2.06. The van der Waals surface area contributed by atoms with Crippen LogP contribution in [-0.2, 0) is 17.6 Å². The van der Waals surface area contributed by atoms with Crippen molar-refractivity contribution in [2.75, 3.05) is 19.8 Å². The summed E-state index contributed by atoms with van der Waals surface area (Å²) in [6.45, 7) is 0.881. The molecule has 0 aliphatic heterocycles. The monoisotopic (exact) mass is 314 g/mol. The zero-order valence-corrected chi connectivity index (χ0v) is 13.1. The van der Waals surface area contributed by atoms with Crippen molar-refractivity contribution in [2.45, 2.75) is 12.8 Å². The number of aryl methyl sites for hydroxylation is 2. The number of fused-ring (bicyclic) bond motifs is 2. The van der Waals surface area contributed by atoms with Crippen LogP contribution in [0.4, 0.5) is 0 Å². The van der Waals surface area contributed by atoms with E-state index in [0.29, 0.717) is 13.2 Å². The molecule has 0 spiro atoms. The van der Waals surface area contributed by atoms with Crippen LogP contribution in [0.15, 0.2) is 48.5 Å². The number of aliphatic hydroxyl groups excluding tert-OH is 1. The van der Waals surface area contributed by atoms with Gasteiger partial charge in [0.1, 0.15) is 0 Å². The first-order valence-electron chi connectivity index (χ1n) is 7.55. The molecule has 0 atom stereocenters. The summed E-state index contributed by atoms with van der Waals surface area (Å²) in [4.78, 5) is 0. The van der Waals surface area contributed by atoms with E-state index in [4.69, 9.17) is 21.4 Å². The first kappa shape index (κ1) is 15.3. The average Bonchev–Trinajstić information content (AvgIpc) is 2.69. The summed E-state index contributed by atoms with van der Waals surface area (Å²) in [5, 5.41) is 9.59. The Kier molecular flexibility index (Phi) is 4.94. The summed E-state index contributed by atoms with van der Waals surface area (Å²) < 4.78 is 5.43. The summed E-state index contributed by atoms with van der Waals surface area (Å²) in [7, 11) is 0. The molecule has 1 aliphatic rings. The van der Waals surface area contributed by atoms with Crippen LogP contribution in [0.1, 0.15) is 22.3 Å². The molecule has 0 saturated heterocycles. The molecule has 0 aromatic heterocycles. The van der Waals surface area contributed by atoms with Crippen molar-refractivity contribution in [3.05, 3.63) is 75.8 Å². The normalized spacial score (nSPS) is 15.3. The fourth-order valence-electron chi connectivity index (χ4n) is 2.94. The Bertz CT molecular complexity index is 692. The Morgan fingerprint density at radius 1 is 1.05 bits per heavy atom. The van der Waals surface area contributed by atoms with Gasteiger partial charge in [0.25, 0.3) is 0 Å². The smallest absolute Gasteiger partial charge is 0.0702 e. The summed E-state index contributed by atoms with van der Waals surface area (Å²) >= 11 is 6.21. The van der Waals surface area contributed by atoms with Crippen LogP contribution < -0.4 is 0 Å². The van der Waals surface area contributed by atoms with Gasteiger partial charge in [-0.15, -0.1) is 0 Å². The van der Waals surface area contributed by atoms with Crippen molar-refractivity contribution in [1.82, 2.24) is 0 Å². The van der Waals surface area contributed by atoms with E-state index < -0.39 is 0 Å². The van der Waals surface area contributed by atoms with Crippen molar-refractivity contribution in [1.29, 1.82) is 0 Å². The summed E-state index contributed by atoms with van der Waals surface area (Å²) in [5.41, 5.74) is 6.27. The second kappa shape index (κ2) is 7.10. The molecule has 0 bridgehead atoms. The minimum atomic E-state index is 0.0438. The molecule has 3 heteroatoms. The lowest BCUT2D eigenvalue weighted by Gasteiger charge is -2.12. The van der Waals surface area contributed by atoms with Gasteiger partial charge in [0.05, 0.1) is 19.8 Å². The number of hydrogen-bond acceptors (Lipinski definition) is 2. The van der Waals surface area contributed by atoms with Gasteiger partial charge >= 0.3 is 0 Å². The second-order valence-corrected chi connectivity index (χ2v) is 5.81. The maximum atomic E-state index is 8.84. The third kappa shape index (κ3) is 3.25. The van der Waals surface area contributed by atoms with Gasteiger partial charge in [-0.1, -0.05) is 48.0 Å². The molecule has 0 radical (unpaired) electrons. The predicted molar refractivity (Wildman–Crippen MR) is 90.3 cm³/mol. The summed E-state index contributed by atoms with van der Waals surface area (Å²) in [6.07, 6.45) is 4.13. The summed E-state index contributed by atoms with van der Waals surface area (Å²) in [6, 6.07) is 14.6. The standard InChI is InChI=1S/C19H19ClO2/c20-16-8-7-15-6-5-14-3-1-2-4-17(14)18(19(15)13-16)9-11-22-12-10-21/h1-4,7-9,13,21H,5-6,10-12H2. The number of hydrogen-bond donors (Lipinski definition) is 1. The Morgan fingerprint density at radius 2 is 1.82 bits per heavy atom. The lowest BCUT2D eigenvalue weighted by molar-refractivity contribution is 0.112. The number of aliphatic hydroxyl groups is 1. The molecule has 0 unspecified atom stereocenters.